The number of benzene rings is 1. The first-order chi connectivity index (χ1) is 11.6. The average molecular weight is 333 g/mol. The van der Waals surface area contributed by atoms with Gasteiger partial charge in [0.05, 0.1) is 23.3 Å². The minimum absolute atomic E-state index is 0.123. The van der Waals surface area contributed by atoms with E-state index in [0.29, 0.717) is 23.9 Å². The van der Waals surface area contributed by atoms with E-state index in [1.807, 2.05) is 0 Å². The Bertz CT molecular complexity index is 759. The summed E-state index contributed by atoms with van der Waals surface area (Å²) in [5.74, 6) is -2.53. The Morgan fingerprint density at radius 1 is 1.21 bits per heavy atom. The third-order valence-corrected chi connectivity index (χ3v) is 4.63. The molecule has 128 valence electrons. The van der Waals surface area contributed by atoms with Crippen molar-refractivity contribution in [3.05, 3.63) is 29.8 Å². The molecule has 0 radical (unpaired) electrons. The van der Waals surface area contributed by atoms with Gasteiger partial charge in [0, 0.05) is 6.04 Å². The lowest BCUT2D eigenvalue weighted by atomic mass is 9.86. The van der Waals surface area contributed by atoms with Crippen LogP contribution in [0.1, 0.15) is 48.9 Å². The molecule has 3 N–H and O–H groups in total. The molecule has 1 amide bonds. The minimum atomic E-state index is -0.897. The summed E-state index contributed by atoms with van der Waals surface area (Å²) >= 11 is 0. The van der Waals surface area contributed by atoms with Gasteiger partial charge in [0.2, 0.25) is 0 Å². The number of imidazole rings is 1. The Hall–Kier alpha value is -2.44. The number of carboxylic acid groups (broad SMARTS) is 1. The van der Waals surface area contributed by atoms with Gasteiger partial charge in [-0.25, -0.2) is 9.37 Å². The second-order valence-electron chi connectivity index (χ2n) is 6.27. The summed E-state index contributed by atoms with van der Waals surface area (Å²) < 4.78 is 13.7. The number of halogens is 1. The van der Waals surface area contributed by atoms with Crippen molar-refractivity contribution in [2.24, 2.45) is 5.92 Å². The van der Waals surface area contributed by atoms with Crippen LogP contribution in [0.5, 0.6) is 0 Å². The SMILES string of the molecule is O=C(NC1CCCCCCC1C(=O)O)c1cc(F)cc2[nH]cnc12. The third-order valence-electron chi connectivity index (χ3n) is 4.63. The largest absolute Gasteiger partial charge is 0.481 e. The van der Waals surface area contributed by atoms with Crippen LogP contribution in [0.15, 0.2) is 18.5 Å². The first-order valence-electron chi connectivity index (χ1n) is 8.22. The topological polar surface area (TPSA) is 95.1 Å². The molecule has 0 bridgehead atoms. The highest BCUT2D eigenvalue weighted by Gasteiger charge is 2.30. The van der Waals surface area contributed by atoms with E-state index >= 15 is 0 Å². The highest BCUT2D eigenvalue weighted by atomic mass is 19.1. The molecule has 0 aliphatic heterocycles. The van der Waals surface area contributed by atoms with E-state index in [-0.39, 0.29) is 5.56 Å². The van der Waals surface area contributed by atoms with Crippen molar-refractivity contribution in [1.29, 1.82) is 0 Å². The molecular weight excluding hydrogens is 313 g/mol. The molecule has 24 heavy (non-hydrogen) atoms. The van der Waals surface area contributed by atoms with Gasteiger partial charge >= 0.3 is 5.97 Å². The number of aromatic amines is 1. The number of aliphatic carboxylic acids is 1. The number of carbonyl (C=O) groups excluding carboxylic acids is 1. The highest BCUT2D eigenvalue weighted by Crippen LogP contribution is 2.24. The fourth-order valence-corrected chi connectivity index (χ4v) is 3.39. The van der Waals surface area contributed by atoms with Crippen LogP contribution < -0.4 is 5.32 Å². The fourth-order valence-electron chi connectivity index (χ4n) is 3.39. The van der Waals surface area contributed by atoms with Gasteiger partial charge < -0.3 is 15.4 Å². The monoisotopic (exact) mass is 333 g/mol. The van der Waals surface area contributed by atoms with E-state index in [9.17, 15) is 19.1 Å². The number of aromatic nitrogens is 2. The lowest BCUT2D eigenvalue weighted by Crippen LogP contribution is -2.44. The lowest BCUT2D eigenvalue weighted by Gasteiger charge is -2.27. The quantitative estimate of drug-likeness (QED) is 0.805. The van der Waals surface area contributed by atoms with E-state index < -0.39 is 29.7 Å². The molecule has 1 aliphatic carbocycles. The van der Waals surface area contributed by atoms with Crippen LogP contribution in [0.4, 0.5) is 4.39 Å². The summed E-state index contributed by atoms with van der Waals surface area (Å²) in [6.07, 6.45) is 6.31. The Kier molecular flexibility index (Phi) is 4.78. The Morgan fingerprint density at radius 2 is 1.96 bits per heavy atom. The zero-order chi connectivity index (χ0) is 17.1. The Labute approximate surface area is 138 Å². The smallest absolute Gasteiger partial charge is 0.308 e. The molecule has 1 aromatic carbocycles. The van der Waals surface area contributed by atoms with Crippen molar-refractivity contribution < 1.29 is 19.1 Å². The summed E-state index contributed by atoms with van der Waals surface area (Å²) in [5.41, 5.74) is 0.941. The van der Waals surface area contributed by atoms with Crippen LogP contribution >= 0.6 is 0 Å². The van der Waals surface area contributed by atoms with Crippen LogP contribution in [0.3, 0.4) is 0 Å². The number of amides is 1. The number of nitrogens with zero attached hydrogens (tertiary/aromatic N) is 1. The zero-order valence-electron chi connectivity index (χ0n) is 13.2. The fraction of sp³-hybridized carbons (Fsp3) is 0.471. The van der Waals surface area contributed by atoms with Crippen molar-refractivity contribution in [1.82, 2.24) is 15.3 Å². The maximum absolute atomic E-state index is 13.7. The first kappa shape index (κ1) is 16.4. The number of H-pyrrole nitrogens is 1. The number of rotatable bonds is 3. The van der Waals surface area contributed by atoms with Gasteiger partial charge in [0.25, 0.3) is 5.91 Å². The van der Waals surface area contributed by atoms with Gasteiger partial charge in [0.1, 0.15) is 11.3 Å². The summed E-state index contributed by atoms with van der Waals surface area (Å²) in [7, 11) is 0. The molecule has 6 nitrogen and oxygen atoms in total. The molecule has 7 heteroatoms. The number of carboxylic acids is 1. The average Bonchev–Trinajstić information content (AvgIpc) is 2.96. The molecule has 0 spiro atoms. The lowest BCUT2D eigenvalue weighted by molar-refractivity contribution is -0.143. The van der Waals surface area contributed by atoms with Crippen molar-refractivity contribution in [2.75, 3.05) is 0 Å². The van der Waals surface area contributed by atoms with E-state index in [0.717, 1.165) is 31.7 Å². The molecule has 2 unspecified atom stereocenters. The summed E-state index contributed by atoms with van der Waals surface area (Å²) in [6.45, 7) is 0. The van der Waals surface area contributed by atoms with E-state index in [4.69, 9.17) is 0 Å². The van der Waals surface area contributed by atoms with E-state index in [1.54, 1.807) is 0 Å². The first-order valence-corrected chi connectivity index (χ1v) is 8.22. The second-order valence-corrected chi connectivity index (χ2v) is 6.27. The van der Waals surface area contributed by atoms with E-state index in [2.05, 4.69) is 15.3 Å². The second kappa shape index (κ2) is 6.98. The van der Waals surface area contributed by atoms with Crippen LogP contribution in [-0.4, -0.2) is 33.0 Å². The summed E-state index contributed by atoms with van der Waals surface area (Å²) in [4.78, 5) is 31.0. The Balaban J connectivity index is 1.85. The maximum Gasteiger partial charge on any atom is 0.308 e. The summed E-state index contributed by atoms with van der Waals surface area (Å²) in [6, 6.07) is 1.96. The standard InChI is InChI=1S/C17H20FN3O3/c18-10-7-12(15-14(8-10)19-9-20-15)16(22)21-13-6-4-2-1-3-5-11(13)17(23)24/h7-9,11,13H,1-6H2,(H,19,20)(H,21,22)(H,23,24). The molecule has 2 aromatic rings. The number of hydrogen-bond acceptors (Lipinski definition) is 3. The van der Waals surface area contributed by atoms with Crippen LogP contribution in [-0.2, 0) is 4.79 Å². The molecule has 1 aromatic heterocycles. The molecular formula is C17H20FN3O3. The number of nitrogens with one attached hydrogen (secondary N) is 2. The number of fused-ring (bicyclic) bond motifs is 1. The number of carbonyl (C=O) groups is 2. The molecule has 1 fully saturated rings. The van der Waals surface area contributed by atoms with Gasteiger partial charge in [-0.1, -0.05) is 25.7 Å². The normalized spacial score (nSPS) is 21.9. The van der Waals surface area contributed by atoms with Crippen molar-refractivity contribution in [2.45, 2.75) is 44.6 Å². The summed E-state index contributed by atoms with van der Waals surface area (Å²) in [5, 5.41) is 12.3. The molecule has 1 aliphatic rings. The molecule has 2 atom stereocenters. The van der Waals surface area contributed by atoms with Gasteiger partial charge in [-0.2, -0.15) is 0 Å². The van der Waals surface area contributed by atoms with Gasteiger partial charge in [-0.3, -0.25) is 9.59 Å². The van der Waals surface area contributed by atoms with Gasteiger partial charge in [-0.15, -0.1) is 0 Å². The molecule has 0 saturated heterocycles. The van der Waals surface area contributed by atoms with Crippen molar-refractivity contribution in [3.63, 3.8) is 0 Å². The van der Waals surface area contributed by atoms with Crippen molar-refractivity contribution in [3.8, 4) is 0 Å². The van der Waals surface area contributed by atoms with E-state index in [1.165, 1.54) is 12.4 Å². The predicted octanol–water partition coefficient (Wildman–Crippen LogP) is 2.86. The predicted molar refractivity (Wildman–Crippen MR) is 86.1 cm³/mol. The van der Waals surface area contributed by atoms with Crippen LogP contribution in [0, 0.1) is 11.7 Å². The molecule has 1 heterocycles. The van der Waals surface area contributed by atoms with Crippen molar-refractivity contribution >= 4 is 22.9 Å². The third kappa shape index (κ3) is 3.39. The van der Waals surface area contributed by atoms with Crippen LogP contribution in [0.2, 0.25) is 0 Å². The van der Waals surface area contributed by atoms with Gasteiger partial charge in [-0.05, 0) is 25.0 Å². The zero-order valence-corrected chi connectivity index (χ0v) is 13.2. The Morgan fingerprint density at radius 3 is 2.71 bits per heavy atom. The molecule has 3 rings (SSSR count). The highest BCUT2D eigenvalue weighted by molar-refractivity contribution is 6.05. The molecule has 1 saturated carbocycles. The maximum atomic E-state index is 13.7. The van der Waals surface area contributed by atoms with Gasteiger partial charge in [0.15, 0.2) is 0 Å². The van der Waals surface area contributed by atoms with Crippen LogP contribution in [0.25, 0.3) is 11.0 Å². The minimum Gasteiger partial charge on any atom is -0.481 e. The number of hydrogen-bond donors (Lipinski definition) is 3.